The lowest BCUT2D eigenvalue weighted by Gasteiger charge is -2.25. The van der Waals surface area contributed by atoms with Crippen LogP contribution in [-0.4, -0.2) is 18.6 Å². The van der Waals surface area contributed by atoms with Gasteiger partial charge in [-0.3, -0.25) is 15.6 Å². The van der Waals surface area contributed by atoms with Crippen molar-refractivity contribution in [1.82, 2.24) is 10.9 Å². The molecule has 1 atom stereocenters. The van der Waals surface area contributed by atoms with E-state index in [9.17, 15) is 4.79 Å². The van der Waals surface area contributed by atoms with Gasteiger partial charge in [0.05, 0.1) is 5.70 Å². The third kappa shape index (κ3) is 3.01. The van der Waals surface area contributed by atoms with Gasteiger partial charge in [-0.15, -0.1) is 0 Å². The predicted molar refractivity (Wildman–Crippen MR) is 92.9 cm³/mol. The van der Waals surface area contributed by atoms with Crippen LogP contribution in [0, 0.1) is 0 Å². The molecule has 0 saturated carbocycles. The maximum atomic E-state index is 12.3. The molecular formula is C19H16N2O4. The van der Waals surface area contributed by atoms with Crippen LogP contribution in [0.5, 0.6) is 11.5 Å². The van der Waals surface area contributed by atoms with Gasteiger partial charge in [0.1, 0.15) is 12.2 Å². The molecule has 1 aliphatic heterocycles. The molecule has 126 valence electrons. The number of ether oxygens (including phenoxy) is 2. The molecule has 0 spiro atoms. The van der Waals surface area contributed by atoms with Gasteiger partial charge in [0.15, 0.2) is 17.3 Å². The van der Waals surface area contributed by atoms with Crippen molar-refractivity contribution < 1.29 is 18.7 Å². The maximum Gasteiger partial charge on any atom is 0.282 e. The molecule has 0 saturated heterocycles. The molecule has 6 heteroatoms. The number of fused-ring (bicyclic) bond motifs is 2. The number of para-hydroxylation sites is 3. The first-order valence-corrected chi connectivity index (χ1v) is 7.83. The number of hydrogen-bond donors (Lipinski definition) is 2. The van der Waals surface area contributed by atoms with Crippen molar-refractivity contribution in [3.8, 4) is 11.5 Å². The lowest BCUT2D eigenvalue weighted by atomic mass is 10.2. The number of nitrogens with one attached hydrogen (secondary N) is 2. The number of hydrogen-bond acceptors (Lipinski definition) is 5. The Kier molecular flexibility index (Phi) is 3.78. The summed E-state index contributed by atoms with van der Waals surface area (Å²) in [4.78, 5) is 12.3. The molecule has 25 heavy (non-hydrogen) atoms. The summed E-state index contributed by atoms with van der Waals surface area (Å²) < 4.78 is 16.9. The van der Waals surface area contributed by atoms with Crippen molar-refractivity contribution in [3.05, 3.63) is 66.9 Å². The number of hydrazine groups is 1. The fourth-order valence-corrected chi connectivity index (χ4v) is 2.56. The first kappa shape index (κ1) is 15.1. The minimum absolute atomic E-state index is 0.141. The number of carbonyl (C=O) groups excluding carboxylic acids is 1. The summed E-state index contributed by atoms with van der Waals surface area (Å²) in [5.74, 6) is 1.37. The van der Waals surface area contributed by atoms with Crippen LogP contribution in [0.3, 0.4) is 0 Å². The smallest absolute Gasteiger partial charge is 0.282 e. The quantitative estimate of drug-likeness (QED) is 0.717. The number of benzene rings is 2. The zero-order valence-corrected chi connectivity index (χ0v) is 13.3. The molecule has 3 aromatic rings. The molecule has 0 unspecified atom stereocenters. The third-order valence-corrected chi connectivity index (χ3v) is 3.86. The summed E-state index contributed by atoms with van der Waals surface area (Å²) in [5, 5.41) is 0.965. The number of furan rings is 1. The Balaban J connectivity index is 1.38. The first-order valence-electron chi connectivity index (χ1n) is 7.83. The second-order valence-electron chi connectivity index (χ2n) is 5.61. The van der Waals surface area contributed by atoms with E-state index in [0.29, 0.717) is 23.0 Å². The van der Waals surface area contributed by atoms with Gasteiger partial charge in [-0.25, -0.2) is 0 Å². The van der Waals surface area contributed by atoms with Crippen LogP contribution in [0.2, 0.25) is 0 Å². The second-order valence-corrected chi connectivity index (χ2v) is 5.61. The van der Waals surface area contributed by atoms with Crippen LogP contribution in [0.25, 0.3) is 16.7 Å². The minimum atomic E-state index is -0.745. The van der Waals surface area contributed by atoms with Crippen molar-refractivity contribution in [2.24, 2.45) is 0 Å². The molecule has 0 fully saturated rings. The highest BCUT2D eigenvalue weighted by Crippen LogP contribution is 2.30. The van der Waals surface area contributed by atoms with Crippen LogP contribution >= 0.6 is 0 Å². The Morgan fingerprint density at radius 3 is 2.64 bits per heavy atom. The first-order chi connectivity index (χ1) is 12.2. The fraction of sp³-hybridized carbons (Fsp3) is 0.105. The Labute approximate surface area is 144 Å². The largest absolute Gasteiger partial charge is 0.485 e. The highest BCUT2D eigenvalue weighted by Gasteiger charge is 2.27. The van der Waals surface area contributed by atoms with Crippen LogP contribution < -0.4 is 20.3 Å². The number of rotatable bonds is 4. The van der Waals surface area contributed by atoms with E-state index in [1.807, 2.05) is 42.5 Å². The van der Waals surface area contributed by atoms with E-state index in [2.05, 4.69) is 17.4 Å². The van der Waals surface area contributed by atoms with E-state index >= 15 is 0 Å². The standard InChI is InChI=1S/C19H16N2O4/c1-12(17-10-13-6-2-3-7-14(13)24-17)20-21-19(22)18-11-23-15-8-4-5-9-16(15)25-18/h2-10,18,20H,1,11H2,(H,21,22)/t18-/m0/s1. The topological polar surface area (TPSA) is 72.7 Å². The van der Waals surface area contributed by atoms with E-state index < -0.39 is 6.10 Å². The average Bonchev–Trinajstić information content (AvgIpc) is 3.09. The molecule has 1 aliphatic rings. The number of amides is 1. The van der Waals surface area contributed by atoms with Crippen molar-refractivity contribution >= 4 is 22.6 Å². The second kappa shape index (κ2) is 6.24. The lowest BCUT2D eigenvalue weighted by molar-refractivity contribution is -0.131. The third-order valence-electron chi connectivity index (χ3n) is 3.86. The molecule has 0 radical (unpaired) electrons. The molecule has 4 rings (SSSR count). The van der Waals surface area contributed by atoms with Crippen molar-refractivity contribution in [2.75, 3.05) is 6.61 Å². The van der Waals surface area contributed by atoms with Gasteiger partial charge < -0.3 is 13.9 Å². The SMILES string of the molecule is C=C(NNC(=O)[C@@H]1COc2ccccc2O1)c1cc2ccccc2o1. The Morgan fingerprint density at radius 1 is 1.04 bits per heavy atom. The van der Waals surface area contributed by atoms with Gasteiger partial charge in [-0.2, -0.15) is 0 Å². The van der Waals surface area contributed by atoms with Crippen LogP contribution in [0.15, 0.2) is 65.6 Å². The average molecular weight is 336 g/mol. The van der Waals surface area contributed by atoms with Crippen LogP contribution in [0.4, 0.5) is 0 Å². The molecule has 1 amide bonds. The van der Waals surface area contributed by atoms with Gasteiger partial charge in [0.2, 0.25) is 6.10 Å². The van der Waals surface area contributed by atoms with Gasteiger partial charge in [-0.1, -0.05) is 36.9 Å². The van der Waals surface area contributed by atoms with Gasteiger partial charge in [0, 0.05) is 5.39 Å². The van der Waals surface area contributed by atoms with E-state index in [1.54, 1.807) is 12.1 Å². The summed E-state index contributed by atoms with van der Waals surface area (Å²) in [6, 6.07) is 16.7. The highest BCUT2D eigenvalue weighted by atomic mass is 16.6. The van der Waals surface area contributed by atoms with Crippen molar-refractivity contribution in [2.45, 2.75) is 6.10 Å². The van der Waals surface area contributed by atoms with E-state index in [0.717, 1.165) is 11.0 Å². The van der Waals surface area contributed by atoms with Gasteiger partial charge >= 0.3 is 0 Å². The highest BCUT2D eigenvalue weighted by molar-refractivity contribution is 5.84. The fourth-order valence-electron chi connectivity index (χ4n) is 2.56. The van der Waals surface area contributed by atoms with Gasteiger partial charge in [0.25, 0.3) is 5.91 Å². The molecule has 6 nitrogen and oxygen atoms in total. The molecular weight excluding hydrogens is 320 g/mol. The lowest BCUT2D eigenvalue weighted by Crippen LogP contribution is -2.48. The van der Waals surface area contributed by atoms with Crippen molar-refractivity contribution in [3.63, 3.8) is 0 Å². The Morgan fingerprint density at radius 2 is 1.80 bits per heavy atom. The monoisotopic (exact) mass is 336 g/mol. The summed E-state index contributed by atoms with van der Waals surface area (Å²) in [6.07, 6.45) is -0.745. The van der Waals surface area contributed by atoms with Gasteiger partial charge in [-0.05, 0) is 24.3 Å². The number of carbonyl (C=O) groups is 1. The normalized spacial score (nSPS) is 15.6. The molecule has 2 heterocycles. The predicted octanol–water partition coefficient (Wildman–Crippen LogP) is 2.86. The van der Waals surface area contributed by atoms with Crippen LogP contribution in [-0.2, 0) is 4.79 Å². The Hall–Kier alpha value is -3.41. The molecule has 1 aromatic heterocycles. The van der Waals surface area contributed by atoms with E-state index in [4.69, 9.17) is 13.9 Å². The van der Waals surface area contributed by atoms with E-state index in [1.165, 1.54) is 0 Å². The molecule has 0 aliphatic carbocycles. The van der Waals surface area contributed by atoms with Crippen molar-refractivity contribution in [1.29, 1.82) is 0 Å². The molecule has 2 aromatic carbocycles. The maximum absolute atomic E-state index is 12.3. The molecule has 0 bridgehead atoms. The molecule has 2 N–H and O–H groups in total. The summed E-state index contributed by atoms with van der Waals surface area (Å²) in [7, 11) is 0. The minimum Gasteiger partial charge on any atom is -0.485 e. The van der Waals surface area contributed by atoms with Crippen LogP contribution in [0.1, 0.15) is 5.76 Å². The zero-order valence-electron chi connectivity index (χ0n) is 13.3. The summed E-state index contributed by atoms with van der Waals surface area (Å²) in [6.45, 7) is 4.02. The summed E-state index contributed by atoms with van der Waals surface area (Å²) >= 11 is 0. The summed E-state index contributed by atoms with van der Waals surface area (Å²) in [5.41, 5.74) is 6.53. The Bertz CT molecular complexity index is 914. The zero-order chi connectivity index (χ0) is 17.2. The van der Waals surface area contributed by atoms with E-state index in [-0.39, 0.29) is 12.5 Å².